The second-order valence-corrected chi connectivity index (χ2v) is 5.48. The van der Waals surface area contributed by atoms with Gasteiger partial charge in [0.1, 0.15) is 12.1 Å². The Kier molecular flexibility index (Phi) is 4.14. The molecule has 1 aromatic heterocycles. The van der Waals surface area contributed by atoms with Gasteiger partial charge in [-0.2, -0.15) is 10.5 Å². The van der Waals surface area contributed by atoms with Crippen molar-refractivity contribution in [1.29, 1.82) is 10.5 Å². The lowest BCUT2D eigenvalue weighted by molar-refractivity contribution is 0.673. The van der Waals surface area contributed by atoms with Gasteiger partial charge in [0.05, 0.1) is 10.8 Å². The molecule has 0 unspecified atom stereocenters. The molecule has 0 amide bonds. The number of imidazole rings is 1. The Hall–Kier alpha value is -2.64. The van der Waals surface area contributed by atoms with Crippen molar-refractivity contribution in [2.24, 2.45) is 0 Å². The number of rotatable bonds is 4. The summed E-state index contributed by atoms with van der Waals surface area (Å²) in [6.45, 7) is 0.269. The van der Waals surface area contributed by atoms with Crippen molar-refractivity contribution >= 4 is 16.7 Å². The van der Waals surface area contributed by atoms with E-state index in [0.717, 1.165) is 0 Å². The Labute approximate surface area is 118 Å². The molecule has 0 saturated heterocycles. The van der Waals surface area contributed by atoms with Crippen LogP contribution in [0.25, 0.3) is 0 Å². The summed E-state index contributed by atoms with van der Waals surface area (Å²) in [4.78, 5) is 4.52. The molecular formula is C13H11N5OS. The van der Waals surface area contributed by atoms with Crippen molar-refractivity contribution in [3.05, 3.63) is 41.7 Å². The Morgan fingerprint density at radius 2 is 1.95 bits per heavy atom. The Balaban J connectivity index is 2.17. The van der Waals surface area contributed by atoms with Crippen molar-refractivity contribution in [1.82, 2.24) is 9.55 Å². The molecule has 0 saturated carbocycles. The van der Waals surface area contributed by atoms with E-state index >= 15 is 0 Å². The third kappa shape index (κ3) is 2.68. The fraction of sp³-hybridized carbons (Fsp3) is 0.154. The lowest BCUT2D eigenvalue weighted by Crippen LogP contribution is -2.12. The quantitative estimate of drug-likeness (QED) is 0.902. The number of benzene rings is 1. The average molecular weight is 285 g/mol. The standard InChI is InChI=1S/C13H11N5OS/c14-8-11-12(9-15)18(13(16)17-11)6-7-20(19)10-4-2-1-3-5-10/h1-5H,6-7H2,(H2,16,17)/t20-/m0/s1. The molecule has 2 rings (SSSR count). The van der Waals surface area contributed by atoms with Crippen molar-refractivity contribution in [2.45, 2.75) is 11.4 Å². The summed E-state index contributed by atoms with van der Waals surface area (Å²) < 4.78 is 13.5. The molecule has 2 N–H and O–H groups in total. The summed E-state index contributed by atoms with van der Waals surface area (Å²) in [6, 6.07) is 12.7. The minimum absolute atomic E-state index is 0.00417. The first-order valence-corrected chi connectivity index (χ1v) is 7.09. The van der Waals surface area contributed by atoms with Gasteiger partial charge < -0.3 is 10.3 Å². The Morgan fingerprint density at radius 3 is 2.55 bits per heavy atom. The maximum absolute atomic E-state index is 12.1. The minimum atomic E-state index is -1.19. The highest BCUT2D eigenvalue weighted by atomic mass is 32.2. The van der Waals surface area contributed by atoms with E-state index in [9.17, 15) is 4.21 Å². The van der Waals surface area contributed by atoms with Crippen molar-refractivity contribution in [3.63, 3.8) is 0 Å². The fourth-order valence-corrected chi connectivity index (χ4v) is 2.80. The van der Waals surface area contributed by atoms with Gasteiger partial charge in [0.25, 0.3) is 0 Å². The van der Waals surface area contributed by atoms with Crippen LogP contribution in [0.4, 0.5) is 5.95 Å². The second kappa shape index (κ2) is 6.00. The molecule has 1 aromatic carbocycles. The van der Waals surface area contributed by atoms with E-state index in [1.807, 2.05) is 30.3 Å². The van der Waals surface area contributed by atoms with E-state index in [1.54, 1.807) is 12.1 Å². The molecule has 1 atom stereocenters. The van der Waals surface area contributed by atoms with E-state index in [2.05, 4.69) is 4.98 Å². The highest BCUT2D eigenvalue weighted by Gasteiger charge is 2.15. The highest BCUT2D eigenvalue weighted by molar-refractivity contribution is 7.85. The number of anilines is 1. The van der Waals surface area contributed by atoms with Crippen molar-refractivity contribution in [3.8, 4) is 12.1 Å². The SMILES string of the molecule is N#Cc1nc(N)n(CC[S@](=O)c2ccccc2)c1C#N. The molecule has 0 aliphatic rings. The van der Waals surface area contributed by atoms with Crippen LogP contribution in [-0.4, -0.2) is 19.5 Å². The lowest BCUT2D eigenvalue weighted by Gasteiger charge is -2.06. The van der Waals surface area contributed by atoms with Crippen molar-refractivity contribution in [2.75, 3.05) is 11.5 Å². The molecule has 20 heavy (non-hydrogen) atoms. The van der Waals surface area contributed by atoms with Crippen LogP contribution in [0.1, 0.15) is 11.4 Å². The second-order valence-electron chi connectivity index (χ2n) is 3.91. The summed E-state index contributed by atoms with van der Waals surface area (Å²) >= 11 is 0. The Bertz CT molecular complexity index is 724. The molecule has 0 aliphatic carbocycles. The number of aromatic nitrogens is 2. The topological polar surface area (TPSA) is 108 Å². The first kappa shape index (κ1) is 13.8. The zero-order valence-corrected chi connectivity index (χ0v) is 11.3. The number of hydrogen-bond donors (Lipinski definition) is 1. The van der Waals surface area contributed by atoms with E-state index < -0.39 is 10.8 Å². The molecule has 0 fully saturated rings. The maximum atomic E-state index is 12.1. The summed E-state index contributed by atoms with van der Waals surface area (Å²) in [5.41, 5.74) is 5.77. The molecule has 100 valence electrons. The van der Waals surface area contributed by atoms with E-state index in [0.29, 0.717) is 10.6 Å². The van der Waals surface area contributed by atoms with Gasteiger partial charge in [0, 0.05) is 17.2 Å². The van der Waals surface area contributed by atoms with Gasteiger partial charge >= 0.3 is 0 Å². The van der Waals surface area contributed by atoms with Crippen LogP contribution >= 0.6 is 0 Å². The van der Waals surface area contributed by atoms with Crippen molar-refractivity contribution < 1.29 is 4.21 Å². The summed E-state index contributed by atoms with van der Waals surface area (Å²) in [5.74, 6) is 0.382. The molecular weight excluding hydrogens is 274 g/mol. The highest BCUT2D eigenvalue weighted by Crippen LogP contribution is 2.13. The predicted molar refractivity (Wildman–Crippen MR) is 73.8 cm³/mol. The molecule has 6 nitrogen and oxygen atoms in total. The van der Waals surface area contributed by atoms with Gasteiger partial charge in [-0.15, -0.1) is 0 Å². The van der Waals surface area contributed by atoms with Crippen LogP contribution in [0.2, 0.25) is 0 Å². The third-order valence-corrected chi connectivity index (χ3v) is 4.07. The van der Waals surface area contributed by atoms with Gasteiger partial charge in [-0.05, 0) is 12.1 Å². The normalized spacial score (nSPS) is 11.5. The molecule has 0 radical (unpaired) electrons. The van der Waals surface area contributed by atoms with E-state index in [4.69, 9.17) is 16.3 Å². The van der Waals surface area contributed by atoms with Crippen LogP contribution in [0.3, 0.4) is 0 Å². The smallest absolute Gasteiger partial charge is 0.202 e. The monoisotopic (exact) mass is 285 g/mol. The summed E-state index contributed by atoms with van der Waals surface area (Å²) in [5, 5.41) is 17.9. The van der Waals surface area contributed by atoms with Gasteiger partial charge in [-0.1, -0.05) is 18.2 Å². The zero-order valence-electron chi connectivity index (χ0n) is 10.5. The maximum Gasteiger partial charge on any atom is 0.202 e. The van der Waals surface area contributed by atoms with Crippen LogP contribution in [-0.2, 0) is 17.3 Å². The molecule has 7 heteroatoms. The predicted octanol–water partition coefficient (Wildman–Crippen LogP) is 1.02. The lowest BCUT2D eigenvalue weighted by atomic mass is 10.3. The molecule has 0 aliphatic heterocycles. The van der Waals surface area contributed by atoms with E-state index in [1.165, 1.54) is 4.57 Å². The van der Waals surface area contributed by atoms with Crippen LogP contribution in [0, 0.1) is 22.7 Å². The molecule has 1 heterocycles. The molecule has 2 aromatic rings. The third-order valence-electron chi connectivity index (χ3n) is 2.72. The average Bonchev–Trinajstić information content (AvgIpc) is 2.80. The number of hydrogen-bond acceptors (Lipinski definition) is 5. The largest absolute Gasteiger partial charge is 0.369 e. The van der Waals surface area contributed by atoms with Gasteiger partial charge in [0.2, 0.25) is 5.95 Å². The zero-order chi connectivity index (χ0) is 14.5. The number of nitrogens with two attached hydrogens (primary N) is 1. The fourth-order valence-electron chi connectivity index (χ4n) is 1.75. The van der Waals surface area contributed by atoms with Gasteiger partial charge in [0.15, 0.2) is 11.4 Å². The Morgan fingerprint density at radius 1 is 1.25 bits per heavy atom. The van der Waals surface area contributed by atoms with E-state index in [-0.39, 0.29) is 23.9 Å². The number of nitrogen functional groups attached to an aromatic ring is 1. The number of nitrogens with zero attached hydrogens (tertiary/aromatic N) is 4. The summed E-state index contributed by atoms with van der Waals surface area (Å²) in [6.07, 6.45) is 0. The first-order chi connectivity index (χ1) is 9.67. The van der Waals surface area contributed by atoms with Crippen LogP contribution in [0.15, 0.2) is 35.2 Å². The van der Waals surface area contributed by atoms with Gasteiger partial charge in [-0.3, -0.25) is 4.21 Å². The summed E-state index contributed by atoms with van der Waals surface area (Å²) in [7, 11) is -1.19. The minimum Gasteiger partial charge on any atom is -0.369 e. The first-order valence-electron chi connectivity index (χ1n) is 5.77. The molecule has 0 bridgehead atoms. The van der Waals surface area contributed by atoms with Crippen LogP contribution < -0.4 is 5.73 Å². The van der Waals surface area contributed by atoms with Gasteiger partial charge in [-0.25, -0.2) is 4.98 Å². The molecule has 0 spiro atoms. The van der Waals surface area contributed by atoms with Crippen LogP contribution in [0.5, 0.6) is 0 Å². The number of nitriles is 2.